The van der Waals surface area contributed by atoms with Gasteiger partial charge in [0.15, 0.2) is 0 Å². The molecule has 1 aliphatic rings. The largest absolute Gasteiger partial charge is 0.494 e. The van der Waals surface area contributed by atoms with Gasteiger partial charge in [-0.3, -0.25) is 24.5 Å². The highest BCUT2D eigenvalue weighted by molar-refractivity contribution is 6.45. The Hall–Kier alpha value is -4.91. The number of aromatic nitrogens is 5. The van der Waals surface area contributed by atoms with E-state index in [1.54, 1.807) is 36.9 Å². The van der Waals surface area contributed by atoms with Crippen LogP contribution >= 0.6 is 0 Å². The molecule has 5 heterocycles. The Morgan fingerprint density at radius 1 is 1.08 bits per heavy atom. The molecule has 0 radical (unpaired) electrons. The van der Waals surface area contributed by atoms with Crippen LogP contribution in [0.1, 0.15) is 28.9 Å². The van der Waals surface area contributed by atoms with Gasteiger partial charge in [-0.2, -0.15) is 5.26 Å². The first-order valence-corrected chi connectivity index (χ1v) is 11.3. The Labute approximate surface area is 206 Å². The lowest BCUT2D eigenvalue weighted by Crippen LogP contribution is -2.40. The summed E-state index contributed by atoms with van der Waals surface area (Å²) in [5.41, 5.74) is 3.83. The van der Waals surface area contributed by atoms with E-state index in [-0.39, 0.29) is 5.56 Å². The summed E-state index contributed by atoms with van der Waals surface area (Å²) in [6.07, 6.45) is 10.3. The van der Waals surface area contributed by atoms with Crippen molar-refractivity contribution in [1.82, 2.24) is 29.8 Å². The average molecular weight is 480 g/mol. The smallest absolute Gasteiger partial charge is 0.295 e. The molecule has 0 bridgehead atoms. The number of piperidine rings is 1. The molecular weight excluding hydrogens is 458 g/mol. The van der Waals surface area contributed by atoms with E-state index in [4.69, 9.17) is 4.74 Å². The molecule has 1 aliphatic heterocycles. The molecule has 4 aromatic heterocycles. The van der Waals surface area contributed by atoms with Crippen molar-refractivity contribution in [2.75, 3.05) is 20.2 Å². The first kappa shape index (κ1) is 22.9. The summed E-state index contributed by atoms with van der Waals surface area (Å²) in [6, 6.07) is 7.66. The Morgan fingerprint density at radius 2 is 1.92 bits per heavy atom. The molecule has 10 nitrogen and oxygen atoms in total. The summed E-state index contributed by atoms with van der Waals surface area (Å²) < 4.78 is 5.45. The molecule has 0 atom stereocenters. The summed E-state index contributed by atoms with van der Waals surface area (Å²) in [6.45, 7) is 0.674. The van der Waals surface area contributed by atoms with E-state index in [0.29, 0.717) is 65.2 Å². The van der Waals surface area contributed by atoms with Crippen LogP contribution in [-0.2, 0) is 4.79 Å². The molecule has 5 rings (SSSR count). The molecule has 0 aliphatic carbocycles. The van der Waals surface area contributed by atoms with Gasteiger partial charge in [-0.1, -0.05) is 6.07 Å². The second-order valence-electron chi connectivity index (χ2n) is 8.14. The van der Waals surface area contributed by atoms with Crippen LogP contribution in [0.15, 0.2) is 61.0 Å². The van der Waals surface area contributed by atoms with Crippen molar-refractivity contribution in [3.63, 3.8) is 0 Å². The minimum Gasteiger partial charge on any atom is -0.494 e. The number of nitrogens with zero attached hydrogens (tertiary/aromatic N) is 6. The van der Waals surface area contributed by atoms with Crippen molar-refractivity contribution in [2.45, 2.75) is 12.8 Å². The third kappa shape index (κ3) is 4.07. The highest BCUT2D eigenvalue weighted by Crippen LogP contribution is 2.34. The lowest BCUT2D eigenvalue weighted by molar-refractivity contribution is -0.126. The first-order valence-electron chi connectivity index (χ1n) is 11.3. The number of likely N-dealkylation sites (tertiary alicyclic amines) is 1. The van der Waals surface area contributed by atoms with Crippen LogP contribution in [0.3, 0.4) is 0 Å². The number of hydrogen-bond donors (Lipinski definition) is 1. The number of aromatic amines is 1. The maximum absolute atomic E-state index is 13.3. The number of fused-ring (bicyclic) bond motifs is 1. The minimum absolute atomic E-state index is 0.201. The Kier molecular flexibility index (Phi) is 6.19. The van der Waals surface area contributed by atoms with Crippen molar-refractivity contribution in [3.8, 4) is 23.2 Å². The molecule has 1 saturated heterocycles. The fraction of sp³-hybridized carbons (Fsp3) is 0.192. The number of allylic oxidation sites excluding steroid dienone is 1. The molecule has 178 valence electrons. The molecule has 0 spiro atoms. The number of ether oxygens (including phenoxy) is 1. The summed E-state index contributed by atoms with van der Waals surface area (Å²) >= 11 is 0. The lowest BCUT2D eigenvalue weighted by atomic mass is 9.95. The maximum Gasteiger partial charge on any atom is 0.295 e. The van der Waals surface area contributed by atoms with Gasteiger partial charge in [0.05, 0.1) is 47.2 Å². The number of amides is 1. The van der Waals surface area contributed by atoms with Crippen LogP contribution in [0, 0.1) is 11.3 Å². The maximum atomic E-state index is 13.3. The Balaban J connectivity index is 1.41. The van der Waals surface area contributed by atoms with Gasteiger partial charge in [-0.05, 0) is 30.5 Å². The zero-order valence-electron chi connectivity index (χ0n) is 19.4. The number of methoxy groups -OCH3 is 1. The van der Waals surface area contributed by atoms with E-state index in [2.05, 4.69) is 31.0 Å². The number of H-pyrrole nitrogens is 1. The van der Waals surface area contributed by atoms with Crippen molar-refractivity contribution < 1.29 is 14.3 Å². The van der Waals surface area contributed by atoms with Gasteiger partial charge in [0.25, 0.3) is 11.7 Å². The summed E-state index contributed by atoms with van der Waals surface area (Å²) in [4.78, 5) is 48.2. The van der Waals surface area contributed by atoms with Gasteiger partial charge >= 0.3 is 0 Å². The molecule has 1 amide bonds. The fourth-order valence-corrected chi connectivity index (χ4v) is 4.38. The molecule has 0 saturated carbocycles. The molecule has 1 N–H and O–H groups in total. The van der Waals surface area contributed by atoms with Gasteiger partial charge in [0.2, 0.25) is 0 Å². The topological polar surface area (TPSA) is 138 Å². The van der Waals surface area contributed by atoms with Gasteiger partial charge in [-0.25, -0.2) is 4.98 Å². The number of ketones is 1. The molecule has 10 heteroatoms. The van der Waals surface area contributed by atoms with E-state index in [1.807, 2.05) is 6.07 Å². The third-order valence-corrected chi connectivity index (χ3v) is 6.18. The van der Waals surface area contributed by atoms with Crippen LogP contribution in [-0.4, -0.2) is 61.7 Å². The summed E-state index contributed by atoms with van der Waals surface area (Å²) in [5, 5.41) is 10.1. The van der Waals surface area contributed by atoms with Gasteiger partial charge < -0.3 is 14.6 Å². The zero-order chi connectivity index (χ0) is 25.1. The summed E-state index contributed by atoms with van der Waals surface area (Å²) in [7, 11) is 1.48. The van der Waals surface area contributed by atoms with Crippen LogP contribution in [0.4, 0.5) is 0 Å². The van der Waals surface area contributed by atoms with Crippen LogP contribution in [0.2, 0.25) is 0 Å². The van der Waals surface area contributed by atoms with E-state index in [9.17, 15) is 14.9 Å². The predicted molar refractivity (Wildman–Crippen MR) is 131 cm³/mol. The number of hydrogen-bond acceptors (Lipinski definition) is 8. The van der Waals surface area contributed by atoms with Crippen LogP contribution in [0.25, 0.3) is 27.9 Å². The van der Waals surface area contributed by atoms with Gasteiger partial charge in [-0.15, -0.1) is 0 Å². The third-order valence-electron chi connectivity index (χ3n) is 6.18. The standard InChI is InChI=1S/C26H21N7O3/c1-36-21-15-32-23(20-14-28-8-9-30-20)24-22(21)18(13-31-24)25(34)26(35)33-10-5-16(6-11-33)17(12-27)19-4-2-3-7-29-19/h2-4,7-9,13-15,31H,5-6,10-11H2,1H3. The quantitative estimate of drug-likeness (QED) is 0.262. The van der Waals surface area contributed by atoms with Crippen molar-refractivity contribution in [3.05, 3.63) is 72.2 Å². The molecule has 0 aromatic carbocycles. The molecule has 1 fully saturated rings. The Bertz CT molecular complexity index is 1510. The normalized spacial score (nSPS) is 13.3. The van der Waals surface area contributed by atoms with Crippen molar-refractivity contribution in [2.24, 2.45) is 0 Å². The Morgan fingerprint density at radius 3 is 2.58 bits per heavy atom. The van der Waals surface area contributed by atoms with E-state index in [1.165, 1.54) is 24.4 Å². The van der Waals surface area contributed by atoms with E-state index < -0.39 is 11.7 Å². The monoisotopic (exact) mass is 479 g/mol. The fourth-order valence-electron chi connectivity index (χ4n) is 4.38. The van der Waals surface area contributed by atoms with Crippen molar-refractivity contribution in [1.29, 1.82) is 5.26 Å². The van der Waals surface area contributed by atoms with Crippen LogP contribution < -0.4 is 4.74 Å². The molecule has 4 aromatic rings. The molecule has 36 heavy (non-hydrogen) atoms. The number of carbonyl (C=O) groups is 2. The minimum atomic E-state index is -0.645. The van der Waals surface area contributed by atoms with Gasteiger partial charge in [0, 0.05) is 37.9 Å². The van der Waals surface area contributed by atoms with E-state index in [0.717, 1.165) is 5.57 Å². The number of pyridine rings is 2. The lowest BCUT2D eigenvalue weighted by Gasteiger charge is -2.28. The number of carbonyl (C=O) groups excluding carboxylic acids is 2. The SMILES string of the molecule is COc1cnc(-c2cnccn2)c2[nH]cc(C(=O)C(=O)N3CCC(=C(C#N)c4ccccn4)CC3)c12. The first-order chi connectivity index (χ1) is 17.6. The second kappa shape index (κ2) is 9.76. The number of Topliss-reactive ketones (excluding diaryl/α,β-unsaturated/α-hetero) is 1. The average Bonchev–Trinajstić information content (AvgIpc) is 3.39. The van der Waals surface area contributed by atoms with Crippen LogP contribution in [0.5, 0.6) is 5.75 Å². The molecule has 0 unspecified atom stereocenters. The highest BCUT2D eigenvalue weighted by atomic mass is 16.5. The molecular formula is C26H21N7O3. The number of nitriles is 1. The van der Waals surface area contributed by atoms with E-state index >= 15 is 0 Å². The van der Waals surface area contributed by atoms with Gasteiger partial charge in [0.1, 0.15) is 23.2 Å². The second-order valence-corrected chi connectivity index (χ2v) is 8.14. The summed E-state index contributed by atoms with van der Waals surface area (Å²) in [5.74, 6) is -0.882. The predicted octanol–water partition coefficient (Wildman–Crippen LogP) is 3.21. The highest BCUT2D eigenvalue weighted by Gasteiger charge is 2.30. The zero-order valence-corrected chi connectivity index (χ0v) is 19.4. The number of rotatable bonds is 5. The number of nitrogens with one attached hydrogen (secondary N) is 1. The van der Waals surface area contributed by atoms with Crippen molar-refractivity contribution >= 4 is 28.2 Å².